The molecule has 2 aromatic rings. The molecule has 0 radical (unpaired) electrons. The smallest absolute Gasteiger partial charge is 0.268 e. The van der Waals surface area contributed by atoms with Crippen LogP contribution in [0.1, 0.15) is 35.7 Å². The zero-order valence-electron chi connectivity index (χ0n) is 14.9. The molecule has 1 heterocycles. The second kappa shape index (κ2) is 8.44. The Morgan fingerprint density at radius 2 is 2.04 bits per heavy atom. The third kappa shape index (κ3) is 4.49. The van der Waals surface area contributed by atoms with Gasteiger partial charge in [0.15, 0.2) is 0 Å². The van der Waals surface area contributed by atoms with Gasteiger partial charge < -0.3 is 15.5 Å². The molecule has 2 aromatic carbocycles. The first-order valence-corrected chi connectivity index (χ1v) is 8.75. The number of rotatable bonds is 6. The first kappa shape index (κ1) is 18.6. The van der Waals surface area contributed by atoms with Crippen LogP contribution in [0, 0.1) is 5.82 Å². The van der Waals surface area contributed by atoms with E-state index >= 15 is 0 Å². The van der Waals surface area contributed by atoms with Crippen molar-refractivity contribution in [1.82, 2.24) is 5.32 Å². The van der Waals surface area contributed by atoms with Gasteiger partial charge in [0.25, 0.3) is 11.8 Å². The monoisotopic (exact) mass is 369 g/mol. The van der Waals surface area contributed by atoms with Crippen molar-refractivity contribution in [3.63, 3.8) is 0 Å². The van der Waals surface area contributed by atoms with Gasteiger partial charge in [-0.2, -0.15) is 0 Å². The van der Waals surface area contributed by atoms with Gasteiger partial charge in [0.05, 0.1) is 17.0 Å². The molecule has 0 spiro atoms. The summed E-state index contributed by atoms with van der Waals surface area (Å²) >= 11 is 0. The Labute approximate surface area is 156 Å². The van der Waals surface area contributed by atoms with E-state index in [1.807, 2.05) is 6.92 Å². The minimum atomic E-state index is -0.838. The van der Waals surface area contributed by atoms with Crippen molar-refractivity contribution in [1.29, 1.82) is 0 Å². The lowest BCUT2D eigenvalue weighted by Crippen LogP contribution is -2.30. The molecule has 0 saturated carbocycles. The van der Waals surface area contributed by atoms with Crippen molar-refractivity contribution in [2.75, 3.05) is 11.9 Å². The summed E-state index contributed by atoms with van der Waals surface area (Å²) in [7, 11) is 0. The van der Waals surface area contributed by atoms with Crippen LogP contribution in [0.15, 0.2) is 53.7 Å². The summed E-state index contributed by atoms with van der Waals surface area (Å²) in [6.45, 7) is 2.51. The van der Waals surface area contributed by atoms with Gasteiger partial charge in [0.1, 0.15) is 5.82 Å². The van der Waals surface area contributed by atoms with E-state index < -0.39 is 12.0 Å². The van der Waals surface area contributed by atoms with Gasteiger partial charge in [-0.1, -0.05) is 36.3 Å². The molecule has 140 valence electrons. The Kier molecular flexibility index (Phi) is 5.80. The van der Waals surface area contributed by atoms with Gasteiger partial charge in [0.2, 0.25) is 6.10 Å². The molecular formula is C20H20FN3O3. The fourth-order valence-electron chi connectivity index (χ4n) is 2.69. The van der Waals surface area contributed by atoms with Crippen molar-refractivity contribution < 1.29 is 18.8 Å². The van der Waals surface area contributed by atoms with Gasteiger partial charge in [-0.25, -0.2) is 4.39 Å². The van der Waals surface area contributed by atoms with Crippen LogP contribution in [0.25, 0.3) is 0 Å². The summed E-state index contributed by atoms with van der Waals surface area (Å²) in [6.07, 6.45) is 0.200. The molecule has 1 aliphatic heterocycles. The molecule has 0 bridgehead atoms. The summed E-state index contributed by atoms with van der Waals surface area (Å²) in [5, 5.41) is 9.41. The Bertz CT molecular complexity index is 882. The lowest BCUT2D eigenvalue weighted by atomic mass is 10.0. The topological polar surface area (TPSA) is 79.8 Å². The number of oxime groups is 1. The fourth-order valence-corrected chi connectivity index (χ4v) is 2.69. The Morgan fingerprint density at radius 3 is 2.81 bits per heavy atom. The normalized spacial score (nSPS) is 15.6. The Hall–Kier alpha value is -3.22. The van der Waals surface area contributed by atoms with Crippen molar-refractivity contribution in [3.8, 4) is 0 Å². The lowest BCUT2D eigenvalue weighted by molar-refractivity contribution is -0.125. The van der Waals surface area contributed by atoms with Gasteiger partial charge in [0, 0.05) is 18.5 Å². The van der Waals surface area contributed by atoms with Gasteiger partial charge in [-0.3, -0.25) is 9.59 Å². The third-order valence-corrected chi connectivity index (χ3v) is 4.08. The highest BCUT2D eigenvalue weighted by Crippen LogP contribution is 2.21. The number of amides is 2. The number of carbonyl (C=O) groups is 2. The summed E-state index contributed by atoms with van der Waals surface area (Å²) in [4.78, 5) is 30.0. The number of para-hydroxylation sites is 1. The second-order valence-electron chi connectivity index (χ2n) is 6.14. The molecule has 3 rings (SSSR count). The molecule has 7 heteroatoms. The SMILES string of the molecule is CCCNC(=O)c1ccccc1NC(=O)C1CC(c2cccc(F)c2)=NO1. The quantitative estimate of drug-likeness (QED) is 0.821. The van der Waals surface area contributed by atoms with E-state index in [0.29, 0.717) is 29.1 Å². The van der Waals surface area contributed by atoms with E-state index in [9.17, 15) is 14.0 Å². The molecule has 0 aromatic heterocycles. The largest absolute Gasteiger partial charge is 0.382 e. The van der Waals surface area contributed by atoms with Crippen molar-refractivity contribution in [3.05, 3.63) is 65.5 Å². The fraction of sp³-hybridized carbons (Fsp3) is 0.250. The number of hydrogen-bond donors (Lipinski definition) is 2. The average Bonchev–Trinajstić information content (AvgIpc) is 3.17. The van der Waals surface area contributed by atoms with Crippen molar-refractivity contribution in [2.24, 2.45) is 5.16 Å². The molecule has 2 N–H and O–H groups in total. The van der Waals surface area contributed by atoms with Crippen LogP contribution in [0.2, 0.25) is 0 Å². The maximum Gasteiger partial charge on any atom is 0.268 e. The van der Waals surface area contributed by atoms with Crippen molar-refractivity contribution >= 4 is 23.2 Å². The Balaban J connectivity index is 1.66. The number of benzene rings is 2. The predicted molar refractivity (Wildman–Crippen MR) is 100 cm³/mol. The second-order valence-corrected chi connectivity index (χ2v) is 6.14. The summed E-state index contributed by atoms with van der Waals surface area (Å²) < 4.78 is 13.4. The molecule has 0 aliphatic carbocycles. The molecule has 27 heavy (non-hydrogen) atoms. The van der Waals surface area contributed by atoms with E-state index in [2.05, 4.69) is 15.8 Å². The van der Waals surface area contributed by atoms with Gasteiger partial charge >= 0.3 is 0 Å². The Morgan fingerprint density at radius 1 is 1.22 bits per heavy atom. The van der Waals surface area contributed by atoms with Crippen LogP contribution in [0.3, 0.4) is 0 Å². The zero-order valence-corrected chi connectivity index (χ0v) is 14.9. The van der Waals surface area contributed by atoms with Crippen LogP contribution in [0.4, 0.5) is 10.1 Å². The minimum Gasteiger partial charge on any atom is -0.382 e. The molecule has 1 atom stereocenters. The number of carbonyl (C=O) groups excluding carboxylic acids is 2. The number of halogens is 1. The van der Waals surface area contributed by atoms with E-state index in [1.165, 1.54) is 12.1 Å². The molecular weight excluding hydrogens is 349 g/mol. The van der Waals surface area contributed by atoms with Crippen LogP contribution >= 0.6 is 0 Å². The van der Waals surface area contributed by atoms with E-state index in [0.717, 1.165) is 6.42 Å². The molecule has 6 nitrogen and oxygen atoms in total. The van der Waals surface area contributed by atoms with Crippen LogP contribution < -0.4 is 10.6 Å². The van der Waals surface area contributed by atoms with Crippen LogP contribution in [-0.4, -0.2) is 30.2 Å². The molecule has 1 unspecified atom stereocenters. The third-order valence-electron chi connectivity index (χ3n) is 4.08. The summed E-state index contributed by atoms with van der Waals surface area (Å²) in [5.74, 6) is -1.05. The number of hydrogen-bond acceptors (Lipinski definition) is 4. The molecule has 1 aliphatic rings. The maximum absolute atomic E-state index is 13.4. The summed E-state index contributed by atoms with van der Waals surface area (Å²) in [5.41, 5.74) is 1.86. The van der Waals surface area contributed by atoms with E-state index in [4.69, 9.17) is 4.84 Å². The van der Waals surface area contributed by atoms with Crippen LogP contribution in [0.5, 0.6) is 0 Å². The van der Waals surface area contributed by atoms with Crippen molar-refractivity contribution in [2.45, 2.75) is 25.9 Å². The van der Waals surface area contributed by atoms with Gasteiger partial charge in [-0.15, -0.1) is 0 Å². The van der Waals surface area contributed by atoms with E-state index in [1.54, 1.807) is 36.4 Å². The standard InChI is InChI=1S/C20H20FN3O3/c1-2-10-22-19(25)15-8-3-4-9-16(15)23-20(26)18-12-17(24-27-18)13-6-5-7-14(21)11-13/h3-9,11,18H,2,10,12H2,1H3,(H,22,25)(H,23,26). The minimum absolute atomic E-state index is 0.222. The average molecular weight is 369 g/mol. The zero-order chi connectivity index (χ0) is 19.2. The molecule has 2 amide bonds. The number of nitrogens with zero attached hydrogens (tertiary/aromatic N) is 1. The van der Waals surface area contributed by atoms with E-state index in [-0.39, 0.29) is 18.1 Å². The first-order valence-electron chi connectivity index (χ1n) is 8.75. The highest BCUT2D eigenvalue weighted by Gasteiger charge is 2.29. The molecule has 0 fully saturated rings. The highest BCUT2D eigenvalue weighted by atomic mass is 19.1. The number of nitrogens with one attached hydrogen (secondary N) is 2. The van der Waals surface area contributed by atoms with Crippen LogP contribution in [-0.2, 0) is 9.63 Å². The lowest BCUT2D eigenvalue weighted by Gasteiger charge is -2.13. The summed E-state index contributed by atoms with van der Waals surface area (Å²) in [6, 6.07) is 12.7. The highest BCUT2D eigenvalue weighted by molar-refractivity contribution is 6.08. The van der Waals surface area contributed by atoms with Gasteiger partial charge in [-0.05, 0) is 30.7 Å². The first-order chi connectivity index (χ1) is 13.1. The number of anilines is 1. The molecule has 0 saturated heterocycles. The maximum atomic E-state index is 13.4. The predicted octanol–water partition coefficient (Wildman–Crippen LogP) is 3.10.